The molecule has 0 spiro atoms. The number of likely N-dealkylation sites (tertiary alicyclic amines) is 1. The molecule has 2 fully saturated rings. The summed E-state index contributed by atoms with van der Waals surface area (Å²) in [5.41, 5.74) is 8.61. The van der Waals surface area contributed by atoms with Crippen LogP contribution in [0.25, 0.3) is 10.4 Å². The summed E-state index contributed by atoms with van der Waals surface area (Å²) in [6, 6.07) is 4.51. The zero-order chi connectivity index (χ0) is 24.2. The van der Waals surface area contributed by atoms with Crippen molar-refractivity contribution in [2.45, 2.75) is 57.8 Å². The highest BCUT2D eigenvalue weighted by molar-refractivity contribution is 5.90. The SMILES string of the molecule is CN(c1ccc(N2C[C@H](CN=[N+]=[N-])OC2=O)cc1F)[C@@H]1CCCCN(C(=O)OC(C)(C)C)C1. The number of amides is 2. The molecule has 0 radical (unpaired) electrons. The predicted molar refractivity (Wildman–Crippen MR) is 122 cm³/mol. The zero-order valence-corrected chi connectivity index (χ0v) is 19.5. The molecule has 2 amide bonds. The Bertz CT molecular complexity index is 930. The van der Waals surface area contributed by atoms with Crippen LogP contribution in [0.2, 0.25) is 0 Å². The monoisotopic (exact) mass is 462 g/mol. The number of ether oxygens (including phenoxy) is 2. The first-order valence-electron chi connectivity index (χ1n) is 11.1. The third-order valence-electron chi connectivity index (χ3n) is 5.69. The lowest BCUT2D eigenvalue weighted by Crippen LogP contribution is -2.45. The summed E-state index contributed by atoms with van der Waals surface area (Å²) in [6.45, 7) is 6.74. The van der Waals surface area contributed by atoms with Gasteiger partial charge in [-0.05, 0) is 63.8 Å². The van der Waals surface area contributed by atoms with Crippen LogP contribution >= 0.6 is 0 Å². The molecule has 2 atom stereocenters. The number of benzene rings is 1. The van der Waals surface area contributed by atoms with Crippen LogP contribution in [0.4, 0.5) is 25.4 Å². The van der Waals surface area contributed by atoms with Crippen LogP contribution in [-0.2, 0) is 9.47 Å². The average Bonchev–Trinajstić information content (AvgIpc) is 2.95. The van der Waals surface area contributed by atoms with Crippen LogP contribution < -0.4 is 9.80 Å². The van der Waals surface area contributed by atoms with Crippen molar-refractivity contribution in [1.82, 2.24) is 4.90 Å². The minimum Gasteiger partial charge on any atom is -0.444 e. The number of carbonyl (C=O) groups is 2. The zero-order valence-electron chi connectivity index (χ0n) is 19.5. The van der Waals surface area contributed by atoms with Crippen LogP contribution in [0.1, 0.15) is 40.0 Å². The summed E-state index contributed by atoms with van der Waals surface area (Å²) in [4.78, 5) is 32.3. The number of hydrogen-bond donors (Lipinski definition) is 0. The summed E-state index contributed by atoms with van der Waals surface area (Å²) in [5, 5.41) is 3.43. The van der Waals surface area contributed by atoms with E-state index in [1.54, 1.807) is 24.1 Å². The number of likely N-dealkylation sites (N-methyl/N-ethyl adjacent to an activating group) is 1. The van der Waals surface area contributed by atoms with E-state index in [0.29, 0.717) is 24.5 Å². The molecule has 2 saturated heterocycles. The molecule has 0 aliphatic carbocycles. The molecule has 0 bridgehead atoms. The topological polar surface area (TPSA) is 111 Å². The molecule has 180 valence electrons. The molecule has 2 aliphatic rings. The van der Waals surface area contributed by atoms with Crippen LogP contribution in [0.3, 0.4) is 0 Å². The summed E-state index contributed by atoms with van der Waals surface area (Å²) < 4.78 is 25.8. The second-order valence-corrected chi connectivity index (χ2v) is 9.35. The lowest BCUT2D eigenvalue weighted by Gasteiger charge is -2.33. The summed E-state index contributed by atoms with van der Waals surface area (Å²) in [5.74, 6) is -0.477. The van der Waals surface area contributed by atoms with Gasteiger partial charge in [-0.2, -0.15) is 0 Å². The molecular weight excluding hydrogens is 431 g/mol. The highest BCUT2D eigenvalue weighted by Crippen LogP contribution is 2.30. The minimum atomic E-state index is -0.606. The van der Waals surface area contributed by atoms with Crippen molar-refractivity contribution < 1.29 is 23.5 Å². The van der Waals surface area contributed by atoms with Gasteiger partial charge in [-0.3, -0.25) is 4.90 Å². The highest BCUT2D eigenvalue weighted by Gasteiger charge is 2.33. The van der Waals surface area contributed by atoms with Gasteiger partial charge in [-0.15, -0.1) is 0 Å². The molecular formula is C22H31FN6O4. The Morgan fingerprint density at radius 3 is 2.79 bits per heavy atom. The Morgan fingerprint density at radius 2 is 2.12 bits per heavy atom. The fraction of sp³-hybridized carbons (Fsp3) is 0.636. The Morgan fingerprint density at radius 1 is 1.36 bits per heavy atom. The highest BCUT2D eigenvalue weighted by atomic mass is 19.1. The molecule has 0 saturated carbocycles. The third-order valence-corrected chi connectivity index (χ3v) is 5.69. The quantitative estimate of drug-likeness (QED) is 0.358. The van der Waals surface area contributed by atoms with E-state index in [1.807, 2.05) is 25.7 Å². The van der Waals surface area contributed by atoms with Gasteiger partial charge in [0.2, 0.25) is 0 Å². The van der Waals surface area contributed by atoms with Crippen molar-refractivity contribution in [2.24, 2.45) is 5.11 Å². The van der Waals surface area contributed by atoms with Gasteiger partial charge in [-0.1, -0.05) is 5.11 Å². The summed E-state index contributed by atoms with van der Waals surface area (Å²) >= 11 is 0. The van der Waals surface area contributed by atoms with Gasteiger partial charge in [0.1, 0.15) is 17.5 Å². The van der Waals surface area contributed by atoms with Gasteiger partial charge in [0.25, 0.3) is 0 Å². The Kier molecular flexibility index (Phi) is 7.53. The largest absolute Gasteiger partial charge is 0.444 e. The number of azide groups is 1. The second-order valence-electron chi connectivity index (χ2n) is 9.35. The lowest BCUT2D eigenvalue weighted by atomic mass is 10.1. The van der Waals surface area contributed by atoms with Gasteiger partial charge in [0.15, 0.2) is 0 Å². The van der Waals surface area contributed by atoms with E-state index in [0.717, 1.165) is 19.3 Å². The molecule has 0 N–H and O–H groups in total. The van der Waals surface area contributed by atoms with Crippen LogP contribution in [0, 0.1) is 5.82 Å². The maximum absolute atomic E-state index is 15.1. The molecule has 1 aromatic rings. The Hall–Kier alpha value is -3.20. The van der Waals surface area contributed by atoms with Crippen LogP contribution in [0.5, 0.6) is 0 Å². The van der Waals surface area contributed by atoms with Crippen molar-refractivity contribution >= 4 is 23.6 Å². The number of anilines is 2. The average molecular weight is 463 g/mol. The number of halogens is 1. The van der Waals surface area contributed by atoms with E-state index in [2.05, 4.69) is 10.0 Å². The standard InChI is InChI=1S/C22H31FN6O4/c1-22(2,3)33-20(30)28-10-6-5-7-16(13-28)27(4)19-9-8-15(11-18(19)23)29-14-17(12-25-26-24)32-21(29)31/h8-9,11,16-17H,5-7,10,12-14H2,1-4H3/t16-,17+/m1/s1. The fourth-order valence-corrected chi connectivity index (χ4v) is 4.03. The molecule has 11 heteroatoms. The van der Waals surface area contributed by atoms with E-state index >= 15 is 4.39 Å². The van der Waals surface area contributed by atoms with Crippen LogP contribution in [-0.4, -0.2) is 68.1 Å². The fourth-order valence-electron chi connectivity index (χ4n) is 4.03. The normalized spacial score (nSPS) is 21.2. The smallest absolute Gasteiger partial charge is 0.414 e. The number of hydrogen-bond acceptors (Lipinski definition) is 6. The maximum Gasteiger partial charge on any atom is 0.414 e. The van der Waals surface area contributed by atoms with Gasteiger partial charge in [0.05, 0.1) is 24.5 Å². The Labute approximate surface area is 192 Å². The minimum absolute atomic E-state index is 0.0257. The van der Waals surface area contributed by atoms with Gasteiger partial charge in [0, 0.05) is 31.1 Å². The number of cyclic esters (lactones) is 1. The van der Waals surface area contributed by atoms with Gasteiger partial charge < -0.3 is 19.3 Å². The van der Waals surface area contributed by atoms with E-state index < -0.39 is 23.6 Å². The Balaban J connectivity index is 1.71. The van der Waals surface area contributed by atoms with E-state index in [4.69, 9.17) is 15.0 Å². The van der Waals surface area contributed by atoms with E-state index in [9.17, 15) is 9.59 Å². The lowest BCUT2D eigenvalue weighted by molar-refractivity contribution is 0.0249. The van der Waals surface area contributed by atoms with E-state index in [1.165, 1.54) is 11.0 Å². The van der Waals surface area contributed by atoms with E-state index in [-0.39, 0.29) is 25.2 Å². The number of rotatable bonds is 5. The second kappa shape index (κ2) is 10.2. The van der Waals surface area contributed by atoms with Crippen LogP contribution in [0.15, 0.2) is 23.3 Å². The van der Waals surface area contributed by atoms with Gasteiger partial charge in [-0.25, -0.2) is 14.0 Å². The summed E-state index contributed by atoms with van der Waals surface area (Å²) in [6.07, 6.45) is 1.06. The van der Waals surface area contributed by atoms with Gasteiger partial charge >= 0.3 is 12.2 Å². The van der Waals surface area contributed by atoms with Crippen molar-refractivity contribution in [3.8, 4) is 0 Å². The molecule has 10 nitrogen and oxygen atoms in total. The maximum atomic E-state index is 15.1. The first-order valence-corrected chi connectivity index (χ1v) is 11.1. The van der Waals surface area contributed by atoms with Crippen molar-refractivity contribution in [3.05, 3.63) is 34.5 Å². The molecule has 2 aliphatic heterocycles. The van der Waals surface area contributed by atoms with Crippen molar-refractivity contribution in [3.63, 3.8) is 0 Å². The molecule has 2 heterocycles. The number of carbonyl (C=O) groups excluding carboxylic acids is 2. The molecule has 0 aromatic heterocycles. The predicted octanol–water partition coefficient (Wildman–Crippen LogP) is 4.69. The van der Waals surface area contributed by atoms with Crippen molar-refractivity contribution in [2.75, 3.05) is 43.0 Å². The summed E-state index contributed by atoms with van der Waals surface area (Å²) in [7, 11) is 1.81. The number of nitrogens with zero attached hydrogens (tertiary/aromatic N) is 6. The molecule has 1 aromatic carbocycles. The molecule has 33 heavy (non-hydrogen) atoms. The first-order chi connectivity index (χ1) is 15.6. The molecule has 0 unspecified atom stereocenters. The first kappa shape index (κ1) is 24.4. The third kappa shape index (κ3) is 6.19. The molecule has 3 rings (SSSR count). The van der Waals surface area contributed by atoms with Crippen molar-refractivity contribution in [1.29, 1.82) is 0 Å².